The van der Waals surface area contributed by atoms with Crippen molar-refractivity contribution in [3.63, 3.8) is 0 Å². The van der Waals surface area contributed by atoms with E-state index in [0.29, 0.717) is 5.75 Å². The average molecular weight is 238 g/mol. The molecule has 0 heterocycles. The summed E-state index contributed by atoms with van der Waals surface area (Å²) in [6, 6.07) is 6.18. The highest BCUT2D eigenvalue weighted by Gasteiger charge is 2.02. The number of aromatic hydroxyl groups is 1. The number of benzene rings is 1. The maximum atomic E-state index is 11.1. The molecular weight excluding hydrogens is 224 g/mol. The number of hydrogen-bond donors (Lipinski definition) is 3. The summed E-state index contributed by atoms with van der Waals surface area (Å²) in [5.41, 5.74) is 4.39. The van der Waals surface area contributed by atoms with Gasteiger partial charge in [-0.3, -0.25) is 20.4 Å². The van der Waals surface area contributed by atoms with Crippen LogP contribution in [0.25, 0.3) is 0 Å². The molecule has 1 rings (SSSR count). The van der Waals surface area contributed by atoms with Crippen molar-refractivity contribution in [2.45, 2.75) is 13.3 Å². The average Bonchev–Trinajstić information content (AvgIpc) is 2.29. The van der Waals surface area contributed by atoms with Crippen LogP contribution >= 0.6 is 0 Å². The zero-order chi connectivity index (χ0) is 12.7. The highest BCUT2D eigenvalue weighted by atomic mass is 16.5. The Morgan fingerprint density at radius 1 is 1.24 bits per heavy atom. The lowest BCUT2D eigenvalue weighted by atomic mass is 10.3. The first kappa shape index (κ1) is 12.8. The molecule has 0 aromatic heterocycles. The number of phenols is 1. The Balaban J connectivity index is 2.21. The van der Waals surface area contributed by atoms with Crippen molar-refractivity contribution < 1.29 is 19.4 Å². The molecule has 0 saturated carbocycles. The van der Waals surface area contributed by atoms with Gasteiger partial charge in [0.15, 0.2) is 0 Å². The van der Waals surface area contributed by atoms with Crippen molar-refractivity contribution in [2.75, 3.05) is 6.61 Å². The van der Waals surface area contributed by atoms with Crippen LogP contribution in [0.5, 0.6) is 11.5 Å². The van der Waals surface area contributed by atoms with Gasteiger partial charge in [-0.2, -0.15) is 0 Å². The summed E-state index contributed by atoms with van der Waals surface area (Å²) in [6.45, 7) is 1.49. The largest absolute Gasteiger partial charge is 0.508 e. The number of amides is 2. The summed E-state index contributed by atoms with van der Waals surface area (Å²) in [7, 11) is 0. The number of carbonyl (C=O) groups excluding carboxylic acids is 2. The first-order chi connectivity index (χ1) is 8.08. The molecule has 17 heavy (non-hydrogen) atoms. The minimum Gasteiger partial charge on any atom is -0.508 e. The Hall–Kier alpha value is -2.24. The predicted octanol–water partition coefficient (Wildman–Crippen LogP) is 0.328. The normalized spacial score (nSPS) is 9.47. The van der Waals surface area contributed by atoms with Crippen LogP contribution in [-0.2, 0) is 9.59 Å². The summed E-state index contributed by atoms with van der Waals surface area (Å²) in [4.78, 5) is 21.6. The van der Waals surface area contributed by atoms with E-state index in [1.165, 1.54) is 19.1 Å². The lowest BCUT2D eigenvalue weighted by Crippen LogP contribution is -2.40. The fourth-order valence-corrected chi connectivity index (χ4v) is 1.02. The van der Waals surface area contributed by atoms with Crippen LogP contribution in [0.1, 0.15) is 13.3 Å². The fourth-order valence-electron chi connectivity index (χ4n) is 1.02. The number of hydrazine groups is 1. The molecule has 0 unspecified atom stereocenters. The molecule has 1 aromatic rings. The van der Waals surface area contributed by atoms with Crippen molar-refractivity contribution in [3.05, 3.63) is 24.3 Å². The Labute approximate surface area is 98.6 Å². The van der Waals surface area contributed by atoms with Crippen LogP contribution in [0.15, 0.2) is 24.3 Å². The molecule has 6 heteroatoms. The number of ether oxygens (including phenoxy) is 1. The second kappa shape index (κ2) is 6.37. The fraction of sp³-hybridized carbons (Fsp3) is 0.273. The maximum Gasteiger partial charge on any atom is 0.241 e. The van der Waals surface area contributed by atoms with E-state index in [0.717, 1.165) is 0 Å². The summed E-state index contributed by atoms with van der Waals surface area (Å²) in [5, 5.41) is 9.03. The molecule has 0 atom stereocenters. The summed E-state index contributed by atoms with van der Waals surface area (Å²) in [5.74, 6) is 0.0488. The van der Waals surface area contributed by atoms with E-state index in [-0.39, 0.29) is 30.6 Å². The van der Waals surface area contributed by atoms with Crippen molar-refractivity contribution >= 4 is 11.8 Å². The molecular formula is C11H14N2O4. The standard InChI is InChI=1S/C11H14N2O4/c1-8(14)12-13-11(16)6-7-17-10-4-2-9(15)3-5-10/h2-5,15H,6-7H2,1H3,(H,12,14)(H,13,16). The van der Waals surface area contributed by atoms with Gasteiger partial charge >= 0.3 is 0 Å². The molecule has 0 radical (unpaired) electrons. The van der Waals surface area contributed by atoms with Gasteiger partial charge in [0.05, 0.1) is 13.0 Å². The van der Waals surface area contributed by atoms with E-state index in [1.807, 2.05) is 0 Å². The second-order valence-electron chi connectivity index (χ2n) is 3.32. The number of nitrogens with one attached hydrogen (secondary N) is 2. The van der Waals surface area contributed by atoms with Gasteiger partial charge < -0.3 is 9.84 Å². The SMILES string of the molecule is CC(=O)NNC(=O)CCOc1ccc(O)cc1. The maximum absolute atomic E-state index is 11.1. The first-order valence-corrected chi connectivity index (χ1v) is 5.05. The highest BCUT2D eigenvalue weighted by molar-refractivity contribution is 5.80. The van der Waals surface area contributed by atoms with Gasteiger partial charge in [0.1, 0.15) is 11.5 Å². The van der Waals surface area contributed by atoms with Gasteiger partial charge in [-0.1, -0.05) is 0 Å². The zero-order valence-corrected chi connectivity index (χ0v) is 9.40. The molecule has 0 fully saturated rings. The van der Waals surface area contributed by atoms with Gasteiger partial charge in [-0.15, -0.1) is 0 Å². The topological polar surface area (TPSA) is 87.7 Å². The molecule has 0 aliphatic rings. The van der Waals surface area contributed by atoms with E-state index in [9.17, 15) is 9.59 Å². The summed E-state index contributed by atoms with van der Waals surface area (Å²) < 4.78 is 5.25. The van der Waals surface area contributed by atoms with Crippen LogP contribution in [-0.4, -0.2) is 23.5 Å². The van der Waals surface area contributed by atoms with Gasteiger partial charge in [-0.05, 0) is 24.3 Å². The van der Waals surface area contributed by atoms with Crippen LogP contribution in [0, 0.1) is 0 Å². The molecule has 6 nitrogen and oxygen atoms in total. The second-order valence-corrected chi connectivity index (χ2v) is 3.32. The summed E-state index contributed by atoms with van der Waals surface area (Å²) in [6.07, 6.45) is 0.126. The van der Waals surface area contributed by atoms with Gasteiger partial charge in [0.25, 0.3) is 0 Å². The Morgan fingerprint density at radius 2 is 1.88 bits per heavy atom. The van der Waals surface area contributed by atoms with Crippen LogP contribution in [0.3, 0.4) is 0 Å². The third-order valence-electron chi connectivity index (χ3n) is 1.81. The van der Waals surface area contributed by atoms with Gasteiger partial charge in [-0.25, -0.2) is 0 Å². The van der Waals surface area contributed by atoms with E-state index in [2.05, 4.69) is 10.9 Å². The Bertz CT molecular complexity index is 389. The zero-order valence-electron chi connectivity index (χ0n) is 9.40. The van der Waals surface area contributed by atoms with Crippen molar-refractivity contribution in [3.8, 4) is 11.5 Å². The number of rotatable bonds is 4. The molecule has 92 valence electrons. The van der Waals surface area contributed by atoms with Crippen LogP contribution < -0.4 is 15.6 Å². The lowest BCUT2D eigenvalue weighted by Gasteiger charge is -2.07. The monoisotopic (exact) mass is 238 g/mol. The van der Waals surface area contributed by atoms with Crippen molar-refractivity contribution in [2.24, 2.45) is 0 Å². The number of carbonyl (C=O) groups is 2. The molecule has 0 aliphatic heterocycles. The Kier molecular flexibility index (Phi) is 4.80. The quantitative estimate of drug-likeness (QED) is 0.659. The number of phenolic OH excluding ortho intramolecular Hbond substituents is 1. The number of hydrogen-bond acceptors (Lipinski definition) is 4. The molecule has 0 aliphatic carbocycles. The molecule has 3 N–H and O–H groups in total. The van der Waals surface area contributed by atoms with Crippen molar-refractivity contribution in [1.29, 1.82) is 0 Å². The lowest BCUT2D eigenvalue weighted by molar-refractivity contribution is -0.128. The summed E-state index contributed by atoms with van der Waals surface area (Å²) >= 11 is 0. The molecule has 1 aromatic carbocycles. The van der Waals surface area contributed by atoms with E-state index >= 15 is 0 Å². The van der Waals surface area contributed by atoms with Crippen LogP contribution in [0.4, 0.5) is 0 Å². The molecule has 0 bridgehead atoms. The van der Waals surface area contributed by atoms with Crippen molar-refractivity contribution in [1.82, 2.24) is 10.9 Å². The van der Waals surface area contributed by atoms with E-state index in [4.69, 9.17) is 9.84 Å². The molecule has 2 amide bonds. The third-order valence-corrected chi connectivity index (χ3v) is 1.81. The van der Waals surface area contributed by atoms with Gasteiger partial charge in [0, 0.05) is 6.92 Å². The molecule has 0 saturated heterocycles. The Morgan fingerprint density at radius 3 is 2.47 bits per heavy atom. The highest BCUT2D eigenvalue weighted by Crippen LogP contribution is 2.15. The smallest absolute Gasteiger partial charge is 0.241 e. The van der Waals surface area contributed by atoms with Gasteiger partial charge in [0.2, 0.25) is 11.8 Å². The minimum absolute atomic E-state index is 0.126. The minimum atomic E-state index is -0.335. The van der Waals surface area contributed by atoms with Crippen LogP contribution in [0.2, 0.25) is 0 Å². The van der Waals surface area contributed by atoms with E-state index in [1.54, 1.807) is 12.1 Å². The third kappa shape index (κ3) is 5.41. The van der Waals surface area contributed by atoms with E-state index < -0.39 is 0 Å². The first-order valence-electron chi connectivity index (χ1n) is 5.05. The molecule has 0 spiro atoms. The predicted molar refractivity (Wildman–Crippen MR) is 60.2 cm³/mol.